The van der Waals surface area contributed by atoms with Crippen LogP contribution in [0.15, 0.2) is 18.2 Å². The number of rotatable bonds is 2. The van der Waals surface area contributed by atoms with Crippen LogP contribution in [0.3, 0.4) is 0 Å². The summed E-state index contributed by atoms with van der Waals surface area (Å²) in [6.07, 6.45) is -0.898. The van der Waals surface area contributed by atoms with Crippen LogP contribution >= 0.6 is 0 Å². The van der Waals surface area contributed by atoms with E-state index in [0.29, 0.717) is 17.9 Å². The van der Waals surface area contributed by atoms with Gasteiger partial charge in [0.2, 0.25) is 0 Å². The van der Waals surface area contributed by atoms with E-state index < -0.39 is 18.6 Å². The van der Waals surface area contributed by atoms with Gasteiger partial charge in [0.1, 0.15) is 24.2 Å². The van der Waals surface area contributed by atoms with Crippen LogP contribution in [0.25, 0.3) is 0 Å². The average molecular weight is 252 g/mol. The number of hydrogen-bond acceptors (Lipinski definition) is 4. The van der Waals surface area contributed by atoms with E-state index in [9.17, 15) is 5.11 Å². The minimum absolute atomic E-state index is 0.00636. The van der Waals surface area contributed by atoms with E-state index in [1.807, 2.05) is 6.92 Å². The van der Waals surface area contributed by atoms with Crippen molar-refractivity contribution in [3.8, 4) is 11.5 Å². The molecular formula is C14H19NO3. The van der Waals surface area contributed by atoms with Gasteiger partial charge in [-0.25, -0.2) is 0 Å². The fourth-order valence-corrected chi connectivity index (χ4v) is 2.35. The second-order valence-corrected chi connectivity index (χ2v) is 4.43. The summed E-state index contributed by atoms with van der Waals surface area (Å²) in [6, 6.07) is 2.98. The van der Waals surface area contributed by atoms with Crippen molar-refractivity contribution in [1.82, 2.24) is 4.90 Å². The molecule has 0 spiro atoms. The number of morpholine rings is 1. The topological polar surface area (TPSA) is 41.9 Å². The molecule has 4 nitrogen and oxygen atoms in total. The molecule has 2 aliphatic rings. The molecule has 2 heterocycles. The Morgan fingerprint density at radius 3 is 3.33 bits per heavy atom. The van der Waals surface area contributed by atoms with Gasteiger partial charge >= 0.3 is 0 Å². The lowest BCUT2D eigenvalue weighted by atomic mass is 9.96. The van der Waals surface area contributed by atoms with E-state index in [-0.39, 0.29) is 19.0 Å². The number of benzene rings is 1. The lowest BCUT2D eigenvalue weighted by molar-refractivity contribution is -0.0956. The van der Waals surface area contributed by atoms with Crippen LogP contribution in [0.5, 0.6) is 11.5 Å². The van der Waals surface area contributed by atoms with E-state index in [1.54, 1.807) is 11.0 Å². The molecule has 1 aromatic carbocycles. The van der Waals surface area contributed by atoms with Gasteiger partial charge in [0, 0.05) is 13.5 Å². The summed E-state index contributed by atoms with van der Waals surface area (Å²) in [5.74, 6) is 0.456. The zero-order chi connectivity index (χ0) is 15.3. The molecule has 3 rings (SSSR count). The van der Waals surface area contributed by atoms with Crippen LogP contribution < -0.4 is 4.74 Å². The first-order chi connectivity index (χ1) is 9.92. The number of nitrogens with zero attached hydrogens (tertiary/aromatic N) is 1. The maximum absolute atomic E-state index is 9.69. The van der Waals surface area contributed by atoms with Gasteiger partial charge in [-0.15, -0.1) is 0 Å². The molecule has 2 aliphatic heterocycles. The van der Waals surface area contributed by atoms with Crippen molar-refractivity contribution in [2.45, 2.75) is 25.4 Å². The van der Waals surface area contributed by atoms with Gasteiger partial charge in [-0.05, 0) is 31.2 Å². The predicted molar refractivity (Wildman–Crippen MR) is 67.9 cm³/mol. The predicted octanol–water partition coefficient (Wildman–Crippen LogP) is 1.94. The molecular weight excluding hydrogens is 230 g/mol. The van der Waals surface area contributed by atoms with E-state index in [1.165, 1.54) is 12.1 Å². The average Bonchev–Trinajstić information content (AvgIpc) is 2.46. The fourth-order valence-electron chi connectivity index (χ4n) is 2.35. The van der Waals surface area contributed by atoms with Crippen molar-refractivity contribution < 1.29 is 18.7 Å². The molecule has 1 N–H and O–H groups in total. The Morgan fingerprint density at radius 1 is 1.61 bits per heavy atom. The Balaban J connectivity index is 2.11. The summed E-state index contributed by atoms with van der Waals surface area (Å²) < 4.78 is 36.8. The normalized spacial score (nSPS) is 41.8. The van der Waals surface area contributed by atoms with Crippen LogP contribution in [0.1, 0.15) is 29.1 Å². The summed E-state index contributed by atoms with van der Waals surface area (Å²) in [5, 5.41) is 9.69. The van der Waals surface area contributed by atoms with Crippen molar-refractivity contribution in [2.24, 2.45) is 0 Å². The van der Waals surface area contributed by atoms with E-state index in [4.69, 9.17) is 13.6 Å². The highest BCUT2D eigenvalue weighted by molar-refractivity contribution is 5.43. The summed E-state index contributed by atoms with van der Waals surface area (Å²) in [4.78, 5) is 1.65. The van der Waals surface area contributed by atoms with Crippen molar-refractivity contribution in [2.75, 3.05) is 26.3 Å². The smallest absolute Gasteiger partial charge is 0.125 e. The lowest BCUT2D eigenvalue weighted by Crippen LogP contribution is -2.52. The third-order valence-corrected chi connectivity index (χ3v) is 3.17. The van der Waals surface area contributed by atoms with Crippen LogP contribution in [0.2, 0.25) is 0 Å². The summed E-state index contributed by atoms with van der Waals surface area (Å²) >= 11 is 0. The van der Waals surface area contributed by atoms with E-state index in [0.717, 1.165) is 6.42 Å². The van der Waals surface area contributed by atoms with Gasteiger partial charge in [0.15, 0.2) is 0 Å². The minimum Gasteiger partial charge on any atom is -0.508 e. The number of phenols is 1. The van der Waals surface area contributed by atoms with Gasteiger partial charge in [-0.1, -0.05) is 6.92 Å². The van der Waals surface area contributed by atoms with Crippen molar-refractivity contribution in [3.05, 3.63) is 23.8 Å². The molecule has 0 radical (unpaired) electrons. The first-order valence-electron chi connectivity index (χ1n) is 7.79. The zero-order valence-electron chi connectivity index (χ0n) is 13.3. The molecule has 1 saturated heterocycles. The molecule has 0 amide bonds. The second kappa shape index (κ2) is 4.78. The van der Waals surface area contributed by atoms with Crippen LogP contribution in [0.4, 0.5) is 0 Å². The maximum Gasteiger partial charge on any atom is 0.125 e. The summed E-state index contributed by atoms with van der Waals surface area (Å²) in [5.41, 5.74) is 0.344. The summed E-state index contributed by atoms with van der Waals surface area (Å²) in [6.45, 7) is 1.83. The number of ether oxygens (including phenoxy) is 2. The third-order valence-electron chi connectivity index (χ3n) is 3.17. The van der Waals surface area contributed by atoms with Crippen molar-refractivity contribution in [1.29, 1.82) is 0 Å². The molecule has 98 valence electrons. The Hall–Kier alpha value is -1.26. The van der Waals surface area contributed by atoms with Gasteiger partial charge in [0.25, 0.3) is 0 Å². The standard InChI is InChI=1S/C14H19NO3/c1-2-5-15-6-7-17-14-11-8-10(16)3-4-13(11)18-9-12(14)15/h3-4,8,12,14,16H,2,5-7,9H2,1H3/i6D,12D,14D. The quantitative estimate of drug-likeness (QED) is 0.873. The Labute approximate surface area is 111 Å². The maximum atomic E-state index is 9.69. The molecule has 3 atom stereocenters. The molecule has 1 fully saturated rings. The molecule has 3 unspecified atom stereocenters. The fraction of sp³-hybridized carbons (Fsp3) is 0.571. The first-order valence-corrected chi connectivity index (χ1v) is 6.21. The zero-order valence-corrected chi connectivity index (χ0v) is 10.3. The molecule has 4 heteroatoms. The first kappa shape index (κ1) is 8.77. The van der Waals surface area contributed by atoms with Crippen LogP contribution in [0, 0.1) is 0 Å². The van der Waals surface area contributed by atoms with E-state index in [2.05, 4.69) is 0 Å². The highest BCUT2D eigenvalue weighted by atomic mass is 16.5. The highest BCUT2D eigenvalue weighted by Gasteiger charge is 2.38. The van der Waals surface area contributed by atoms with Gasteiger partial charge < -0.3 is 14.6 Å². The Bertz CT molecular complexity index is 558. The number of phenolic OH excluding ortho intramolecular Hbond substituents is 1. The van der Waals surface area contributed by atoms with Crippen LogP contribution in [-0.2, 0) is 4.74 Å². The number of fused-ring (bicyclic) bond motifs is 3. The van der Waals surface area contributed by atoms with E-state index >= 15 is 0 Å². The van der Waals surface area contributed by atoms with Crippen LogP contribution in [-0.4, -0.2) is 42.3 Å². The monoisotopic (exact) mass is 252 g/mol. The molecule has 0 saturated carbocycles. The van der Waals surface area contributed by atoms with Crippen molar-refractivity contribution in [3.63, 3.8) is 0 Å². The van der Waals surface area contributed by atoms with Gasteiger partial charge in [-0.3, -0.25) is 4.90 Å². The highest BCUT2D eigenvalue weighted by Crippen LogP contribution is 2.40. The van der Waals surface area contributed by atoms with Crippen molar-refractivity contribution >= 4 is 0 Å². The third kappa shape index (κ3) is 1.95. The Morgan fingerprint density at radius 2 is 2.50 bits per heavy atom. The molecule has 1 aromatic rings. The molecule has 0 aromatic heterocycles. The van der Waals surface area contributed by atoms with Gasteiger partial charge in [-0.2, -0.15) is 0 Å². The molecule has 18 heavy (non-hydrogen) atoms. The van der Waals surface area contributed by atoms with Gasteiger partial charge in [0.05, 0.1) is 15.4 Å². The molecule has 0 aliphatic carbocycles. The second-order valence-electron chi connectivity index (χ2n) is 4.43. The minimum atomic E-state index is -1.67. The number of hydrogen-bond donors (Lipinski definition) is 1. The summed E-state index contributed by atoms with van der Waals surface area (Å²) in [7, 11) is 0. The SMILES string of the molecule is [2H]C1COC2([2H])c3cc(O)ccc3OCC2([2H])N1CCC. The number of aromatic hydroxyl groups is 1. The lowest BCUT2D eigenvalue weighted by Gasteiger charge is -2.44. The molecule has 0 bridgehead atoms. The Kier molecular flexibility index (Phi) is 2.33. The largest absolute Gasteiger partial charge is 0.508 e.